The van der Waals surface area contributed by atoms with Crippen LogP contribution in [-0.2, 0) is 11.3 Å². The summed E-state index contributed by atoms with van der Waals surface area (Å²) in [6.07, 6.45) is 0.448. The summed E-state index contributed by atoms with van der Waals surface area (Å²) in [5.41, 5.74) is 0.815. The minimum absolute atomic E-state index is 0.0146. The molecule has 5 heteroatoms. The lowest BCUT2D eigenvalue weighted by Gasteiger charge is -2.17. The van der Waals surface area contributed by atoms with Gasteiger partial charge in [-0.1, -0.05) is 6.07 Å². The summed E-state index contributed by atoms with van der Waals surface area (Å²) < 4.78 is 5.02. The molecule has 0 aliphatic carbocycles. The van der Waals surface area contributed by atoms with Crippen LogP contribution in [0, 0.1) is 0 Å². The fraction of sp³-hybridized carbons (Fsp3) is 0.462. The lowest BCUT2D eigenvalue weighted by atomic mass is 10.2. The van der Waals surface area contributed by atoms with Crippen molar-refractivity contribution in [2.24, 2.45) is 0 Å². The van der Waals surface area contributed by atoms with E-state index in [-0.39, 0.29) is 11.7 Å². The second kappa shape index (κ2) is 6.86. The van der Waals surface area contributed by atoms with Crippen LogP contribution < -0.4 is 10.1 Å². The zero-order chi connectivity index (χ0) is 13.5. The van der Waals surface area contributed by atoms with Crippen molar-refractivity contribution in [2.45, 2.75) is 13.0 Å². The summed E-state index contributed by atoms with van der Waals surface area (Å²) in [5, 5.41) is 12.4. The average Bonchev–Trinajstić information content (AvgIpc) is 2.38. The maximum Gasteiger partial charge on any atom is 0.221 e. The number of phenolic OH excluding ortho intramolecular Hbond substituents is 1. The first-order valence-electron chi connectivity index (χ1n) is 5.81. The van der Waals surface area contributed by atoms with Crippen molar-refractivity contribution in [2.75, 3.05) is 27.7 Å². The summed E-state index contributed by atoms with van der Waals surface area (Å²) in [7, 11) is 5.09. The molecule has 0 saturated heterocycles. The quantitative estimate of drug-likeness (QED) is 0.792. The zero-order valence-corrected chi connectivity index (χ0v) is 11.1. The SMILES string of the molecule is CNC(=O)CCN(C)Cc1ccc(OC)cc1O. The van der Waals surface area contributed by atoms with Gasteiger partial charge in [-0.05, 0) is 13.1 Å². The van der Waals surface area contributed by atoms with Crippen LogP contribution in [0.3, 0.4) is 0 Å². The van der Waals surface area contributed by atoms with E-state index >= 15 is 0 Å². The molecule has 0 spiro atoms. The van der Waals surface area contributed by atoms with E-state index in [4.69, 9.17) is 4.74 Å². The number of aromatic hydroxyl groups is 1. The highest BCUT2D eigenvalue weighted by molar-refractivity contribution is 5.75. The number of nitrogens with zero attached hydrogens (tertiary/aromatic N) is 1. The Kier molecular flexibility index (Phi) is 5.45. The number of phenols is 1. The highest BCUT2D eigenvalue weighted by atomic mass is 16.5. The highest BCUT2D eigenvalue weighted by Crippen LogP contribution is 2.24. The van der Waals surface area contributed by atoms with E-state index in [9.17, 15) is 9.90 Å². The minimum Gasteiger partial charge on any atom is -0.507 e. The van der Waals surface area contributed by atoms with Crippen molar-refractivity contribution in [1.29, 1.82) is 0 Å². The number of ether oxygens (including phenoxy) is 1. The zero-order valence-electron chi connectivity index (χ0n) is 11.1. The van der Waals surface area contributed by atoms with Gasteiger partial charge in [0.25, 0.3) is 0 Å². The summed E-state index contributed by atoms with van der Waals surface area (Å²) in [4.78, 5) is 13.1. The van der Waals surface area contributed by atoms with Gasteiger partial charge in [-0.3, -0.25) is 4.79 Å². The van der Waals surface area contributed by atoms with E-state index < -0.39 is 0 Å². The summed E-state index contributed by atoms with van der Waals surface area (Å²) in [6.45, 7) is 1.23. The Morgan fingerprint density at radius 3 is 2.78 bits per heavy atom. The van der Waals surface area contributed by atoms with Crippen LogP contribution in [0.4, 0.5) is 0 Å². The molecule has 1 amide bonds. The molecule has 0 aromatic heterocycles. The molecular formula is C13H20N2O3. The van der Waals surface area contributed by atoms with Crippen molar-refractivity contribution >= 4 is 5.91 Å². The molecule has 0 atom stereocenters. The van der Waals surface area contributed by atoms with E-state index in [2.05, 4.69) is 5.32 Å². The maximum absolute atomic E-state index is 11.1. The standard InChI is InChI=1S/C13H20N2O3/c1-14-13(17)6-7-15(2)9-10-4-5-11(18-3)8-12(10)16/h4-5,8,16H,6-7,9H2,1-3H3,(H,14,17). The second-order valence-corrected chi connectivity index (χ2v) is 4.16. The van der Waals surface area contributed by atoms with Gasteiger partial charge in [-0.25, -0.2) is 0 Å². The predicted octanol–water partition coefficient (Wildman–Crippen LogP) is 0.969. The van der Waals surface area contributed by atoms with Crippen LogP contribution in [0.15, 0.2) is 18.2 Å². The number of hydrogen-bond acceptors (Lipinski definition) is 4. The summed E-state index contributed by atoms with van der Waals surface area (Å²) in [5.74, 6) is 0.853. The van der Waals surface area contributed by atoms with Gasteiger partial charge < -0.3 is 20.1 Å². The van der Waals surface area contributed by atoms with Gasteiger partial charge in [-0.15, -0.1) is 0 Å². The van der Waals surface area contributed by atoms with Gasteiger partial charge in [0.1, 0.15) is 11.5 Å². The first-order valence-corrected chi connectivity index (χ1v) is 5.81. The first kappa shape index (κ1) is 14.3. The Labute approximate surface area is 107 Å². The van der Waals surface area contributed by atoms with E-state index in [1.807, 2.05) is 24.1 Å². The molecule has 0 heterocycles. The van der Waals surface area contributed by atoms with E-state index in [1.165, 1.54) is 0 Å². The van der Waals surface area contributed by atoms with Crippen LogP contribution in [0.5, 0.6) is 11.5 Å². The van der Waals surface area contributed by atoms with Gasteiger partial charge in [0.2, 0.25) is 5.91 Å². The van der Waals surface area contributed by atoms with Crippen LogP contribution in [0.25, 0.3) is 0 Å². The normalized spacial score (nSPS) is 10.4. The number of benzene rings is 1. The number of carbonyl (C=O) groups excluding carboxylic acids is 1. The molecular weight excluding hydrogens is 232 g/mol. The van der Waals surface area contributed by atoms with Crippen LogP contribution >= 0.6 is 0 Å². The number of carbonyl (C=O) groups is 1. The number of hydrogen-bond donors (Lipinski definition) is 2. The molecule has 1 aromatic rings. The molecule has 0 bridgehead atoms. The van der Waals surface area contributed by atoms with Crippen LogP contribution in [0.2, 0.25) is 0 Å². The lowest BCUT2D eigenvalue weighted by Crippen LogP contribution is -2.26. The Hall–Kier alpha value is -1.75. The Bertz CT molecular complexity index is 407. The molecule has 0 radical (unpaired) electrons. The molecule has 0 fully saturated rings. The molecule has 0 aliphatic rings. The number of rotatable bonds is 6. The Morgan fingerprint density at radius 2 is 2.22 bits per heavy atom. The minimum atomic E-state index is 0.0146. The van der Waals surface area contributed by atoms with E-state index in [1.54, 1.807) is 20.2 Å². The Morgan fingerprint density at radius 1 is 1.50 bits per heavy atom. The third-order valence-electron chi connectivity index (χ3n) is 2.73. The summed E-state index contributed by atoms with van der Waals surface area (Å²) >= 11 is 0. The number of methoxy groups -OCH3 is 1. The number of nitrogens with one attached hydrogen (secondary N) is 1. The van der Waals surface area contributed by atoms with Gasteiger partial charge in [-0.2, -0.15) is 0 Å². The second-order valence-electron chi connectivity index (χ2n) is 4.16. The molecule has 1 rings (SSSR count). The van der Waals surface area contributed by atoms with Gasteiger partial charge in [0.15, 0.2) is 0 Å². The van der Waals surface area contributed by atoms with E-state index in [0.717, 1.165) is 5.56 Å². The smallest absolute Gasteiger partial charge is 0.221 e. The maximum atomic E-state index is 11.1. The monoisotopic (exact) mass is 252 g/mol. The van der Waals surface area contributed by atoms with Gasteiger partial charge >= 0.3 is 0 Å². The van der Waals surface area contributed by atoms with Crippen molar-refractivity contribution < 1.29 is 14.6 Å². The van der Waals surface area contributed by atoms with Gasteiger partial charge in [0, 0.05) is 38.2 Å². The lowest BCUT2D eigenvalue weighted by molar-refractivity contribution is -0.120. The van der Waals surface area contributed by atoms with E-state index in [0.29, 0.717) is 25.3 Å². The van der Waals surface area contributed by atoms with Crippen molar-refractivity contribution in [3.05, 3.63) is 23.8 Å². The molecule has 100 valence electrons. The molecule has 18 heavy (non-hydrogen) atoms. The van der Waals surface area contributed by atoms with Crippen LogP contribution in [0.1, 0.15) is 12.0 Å². The van der Waals surface area contributed by atoms with Crippen LogP contribution in [-0.4, -0.2) is 43.7 Å². The van der Waals surface area contributed by atoms with Crippen molar-refractivity contribution in [1.82, 2.24) is 10.2 Å². The summed E-state index contributed by atoms with van der Waals surface area (Å²) in [6, 6.07) is 5.22. The van der Waals surface area contributed by atoms with Crippen molar-refractivity contribution in [3.63, 3.8) is 0 Å². The fourth-order valence-electron chi connectivity index (χ4n) is 1.59. The molecule has 0 saturated carbocycles. The molecule has 0 aliphatic heterocycles. The molecule has 1 aromatic carbocycles. The number of amides is 1. The third-order valence-corrected chi connectivity index (χ3v) is 2.73. The highest BCUT2D eigenvalue weighted by Gasteiger charge is 2.07. The predicted molar refractivity (Wildman–Crippen MR) is 69.7 cm³/mol. The largest absolute Gasteiger partial charge is 0.507 e. The van der Waals surface area contributed by atoms with Gasteiger partial charge in [0.05, 0.1) is 7.11 Å². The third kappa shape index (κ3) is 4.25. The first-order chi connectivity index (χ1) is 8.56. The molecule has 2 N–H and O–H groups in total. The molecule has 5 nitrogen and oxygen atoms in total. The fourth-order valence-corrected chi connectivity index (χ4v) is 1.59. The topological polar surface area (TPSA) is 61.8 Å². The molecule has 0 unspecified atom stereocenters. The van der Waals surface area contributed by atoms with Crippen molar-refractivity contribution in [3.8, 4) is 11.5 Å². The Balaban J connectivity index is 2.53. The average molecular weight is 252 g/mol.